The van der Waals surface area contributed by atoms with E-state index in [2.05, 4.69) is 4.98 Å². The Morgan fingerprint density at radius 1 is 1.19 bits per heavy atom. The van der Waals surface area contributed by atoms with Crippen molar-refractivity contribution < 1.29 is 23.8 Å². The summed E-state index contributed by atoms with van der Waals surface area (Å²) in [6.07, 6.45) is 8.87. The van der Waals surface area contributed by atoms with Gasteiger partial charge in [-0.25, -0.2) is 9.78 Å². The standard InChI is InChI=1S/C23H28N2O5S/c1-16(22(27)25(23-24-13-14-31-23)18-7-5-4-6-8-18)30-21(26)12-10-17-9-11-19(28-2)15-20(17)29-3/h9-16,18H,4-8H2,1-3H3/b12-10+. The molecule has 0 radical (unpaired) electrons. The number of hydrogen-bond acceptors (Lipinski definition) is 7. The number of esters is 1. The summed E-state index contributed by atoms with van der Waals surface area (Å²) in [7, 11) is 3.12. The zero-order chi connectivity index (χ0) is 22.2. The molecular formula is C23H28N2O5S. The third-order valence-electron chi connectivity index (χ3n) is 5.28. The molecule has 3 rings (SSSR count). The number of nitrogens with zero attached hydrogens (tertiary/aromatic N) is 2. The number of thiazole rings is 1. The molecule has 1 aromatic carbocycles. The van der Waals surface area contributed by atoms with Crippen LogP contribution in [0.3, 0.4) is 0 Å². The molecule has 1 amide bonds. The van der Waals surface area contributed by atoms with E-state index in [-0.39, 0.29) is 11.9 Å². The van der Waals surface area contributed by atoms with E-state index < -0.39 is 12.1 Å². The Hall–Kier alpha value is -2.87. The first-order valence-corrected chi connectivity index (χ1v) is 11.2. The molecule has 1 aliphatic carbocycles. The molecule has 1 heterocycles. The van der Waals surface area contributed by atoms with Crippen LogP contribution >= 0.6 is 11.3 Å². The van der Waals surface area contributed by atoms with Gasteiger partial charge in [0.05, 0.1) is 14.2 Å². The lowest BCUT2D eigenvalue weighted by molar-refractivity contribution is -0.149. The molecule has 1 atom stereocenters. The number of amides is 1. The van der Waals surface area contributed by atoms with Gasteiger partial charge in [-0.05, 0) is 38.0 Å². The lowest BCUT2D eigenvalue weighted by Gasteiger charge is -2.33. The maximum absolute atomic E-state index is 13.2. The van der Waals surface area contributed by atoms with E-state index in [4.69, 9.17) is 14.2 Å². The lowest BCUT2D eigenvalue weighted by Crippen LogP contribution is -2.47. The smallest absolute Gasteiger partial charge is 0.331 e. The second-order valence-electron chi connectivity index (χ2n) is 7.34. The normalized spacial score (nSPS) is 15.5. The zero-order valence-corrected chi connectivity index (χ0v) is 18.9. The van der Waals surface area contributed by atoms with Gasteiger partial charge in [0, 0.05) is 35.3 Å². The fourth-order valence-electron chi connectivity index (χ4n) is 3.68. The maximum atomic E-state index is 13.2. The van der Waals surface area contributed by atoms with E-state index in [1.165, 1.54) is 23.8 Å². The van der Waals surface area contributed by atoms with Gasteiger partial charge < -0.3 is 14.2 Å². The van der Waals surface area contributed by atoms with Crippen LogP contribution in [-0.4, -0.2) is 43.2 Å². The van der Waals surface area contributed by atoms with Gasteiger partial charge in [-0.2, -0.15) is 0 Å². The number of carbonyl (C=O) groups is 2. The molecule has 0 bridgehead atoms. The predicted octanol–water partition coefficient (Wildman–Crippen LogP) is 4.47. The van der Waals surface area contributed by atoms with Crippen molar-refractivity contribution in [1.29, 1.82) is 0 Å². The summed E-state index contributed by atoms with van der Waals surface area (Å²) in [5, 5.41) is 2.50. The van der Waals surface area contributed by atoms with Gasteiger partial charge in [-0.3, -0.25) is 9.69 Å². The summed E-state index contributed by atoms with van der Waals surface area (Å²) in [4.78, 5) is 31.6. The van der Waals surface area contributed by atoms with Crippen molar-refractivity contribution in [2.24, 2.45) is 0 Å². The first kappa shape index (κ1) is 22.8. The minimum absolute atomic E-state index is 0.0904. The summed E-state index contributed by atoms with van der Waals surface area (Å²) in [5.41, 5.74) is 0.700. The Morgan fingerprint density at radius 3 is 2.61 bits per heavy atom. The van der Waals surface area contributed by atoms with Crippen LogP contribution < -0.4 is 14.4 Å². The van der Waals surface area contributed by atoms with E-state index >= 15 is 0 Å². The molecule has 0 saturated heterocycles. The Labute approximate surface area is 186 Å². The van der Waals surface area contributed by atoms with Crippen LogP contribution in [0.25, 0.3) is 6.08 Å². The van der Waals surface area contributed by atoms with Crippen LogP contribution in [0.2, 0.25) is 0 Å². The molecule has 0 aliphatic heterocycles. The molecule has 166 valence electrons. The molecule has 0 spiro atoms. The van der Waals surface area contributed by atoms with Crippen molar-refractivity contribution >= 4 is 34.4 Å². The minimum Gasteiger partial charge on any atom is -0.497 e. The fourth-order valence-corrected chi connectivity index (χ4v) is 4.40. The SMILES string of the molecule is COc1ccc(/C=C/C(=O)OC(C)C(=O)N(c2nccs2)C2CCCCC2)c(OC)c1. The van der Waals surface area contributed by atoms with Crippen molar-refractivity contribution in [2.75, 3.05) is 19.1 Å². The van der Waals surface area contributed by atoms with E-state index in [0.29, 0.717) is 22.2 Å². The Morgan fingerprint density at radius 2 is 1.97 bits per heavy atom. The van der Waals surface area contributed by atoms with Crippen molar-refractivity contribution in [1.82, 2.24) is 4.98 Å². The lowest BCUT2D eigenvalue weighted by atomic mass is 9.94. The van der Waals surface area contributed by atoms with Crippen LogP contribution in [0.15, 0.2) is 35.9 Å². The summed E-state index contributed by atoms with van der Waals surface area (Å²) >= 11 is 1.42. The van der Waals surface area contributed by atoms with Gasteiger partial charge >= 0.3 is 5.97 Å². The molecule has 2 aromatic rings. The van der Waals surface area contributed by atoms with Crippen LogP contribution in [-0.2, 0) is 14.3 Å². The first-order valence-electron chi connectivity index (χ1n) is 10.4. The fraction of sp³-hybridized carbons (Fsp3) is 0.435. The monoisotopic (exact) mass is 444 g/mol. The number of rotatable bonds is 8. The summed E-state index contributed by atoms with van der Waals surface area (Å²) in [5.74, 6) is 0.382. The third kappa shape index (κ3) is 5.85. The van der Waals surface area contributed by atoms with E-state index in [9.17, 15) is 9.59 Å². The van der Waals surface area contributed by atoms with Gasteiger partial charge in [0.25, 0.3) is 5.91 Å². The van der Waals surface area contributed by atoms with Gasteiger partial charge in [0.1, 0.15) is 11.5 Å². The number of anilines is 1. The number of carbonyl (C=O) groups excluding carboxylic acids is 2. The summed E-state index contributed by atoms with van der Waals surface area (Å²) < 4.78 is 15.9. The molecule has 8 heteroatoms. The molecule has 1 saturated carbocycles. The quantitative estimate of drug-likeness (QED) is 0.442. The van der Waals surface area contributed by atoms with Crippen molar-refractivity contribution in [3.63, 3.8) is 0 Å². The molecule has 1 aromatic heterocycles. The number of aromatic nitrogens is 1. The molecule has 0 N–H and O–H groups in total. The largest absolute Gasteiger partial charge is 0.497 e. The van der Waals surface area contributed by atoms with Gasteiger partial charge in [0.15, 0.2) is 11.2 Å². The highest BCUT2D eigenvalue weighted by Gasteiger charge is 2.32. The van der Waals surface area contributed by atoms with E-state index in [0.717, 1.165) is 25.7 Å². The van der Waals surface area contributed by atoms with Gasteiger partial charge in [0.2, 0.25) is 0 Å². The Kier molecular flexibility index (Phi) is 8.06. The summed E-state index contributed by atoms with van der Waals surface area (Å²) in [6, 6.07) is 5.37. The first-order chi connectivity index (χ1) is 15.0. The number of benzene rings is 1. The van der Waals surface area contributed by atoms with Crippen molar-refractivity contribution in [3.8, 4) is 11.5 Å². The average molecular weight is 445 g/mol. The highest BCUT2D eigenvalue weighted by Crippen LogP contribution is 2.30. The van der Waals surface area contributed by atoms with Crippen LogP contribution in [0.1, 0.15) is 44.6 Å². The van der Waals surface area contributed by atoms with Gasteiger partial charge in [-0.15, -0.1) is 11.3 Å². The van der Waals surface area contributed by atoms with Gasteiger partial charge in [-0.1, -0.05) is 19.3 Å². The Bertz CT molecular complexity index is 907. The Balaban J connectivity index is 1.67. The van der Waals surface area contributed by atoms with E-state index in [1.807, 2.05) is 5.38 Å². The third-order valence-corrected chi connectivity index (χ3v) is 6.05. The maximum Gasteiger partial charge on any atom is 0.331 e. The topological polar surface area (TPSA) is 78.0 Å². The number of methoxy groups -OCH3 is 2. The zero-order valence-electron chi connectivity index (χ0n) is 18.1. The minimum atomic E-state index is -0.916. The second kappa shape index (κ2) is 10.9. The molecule has 7 nitrogen and oxygen atoms in total. The second-order valence-corrected chi connectivity index (χ2v) is 8.21. The van der Waals surface area contributed by atoms with Crippen LogP contribution in [0.4, 0.5) is 5.13 Å². The van der Waals surface area contributed by atoms with E-state index in [1.54, 1.807) is 56.5 Å². The average Bonchev–Trinajstić information content (AvgIpc) is 3.32. The molecular weight excluding hydrogens is 416 g/mol. The van der Waals surface area contributed by atoms with Crippen LogP contribution in [0.5, 0.6) is 11.5 Å². The predicted molar refractivity (Wildman–Crippen MR) is 121 cm³/mol. The molecule has 1 aliphatic rings. The number of hydrogen-bond donors (Lipinski definition) is 0. The molecule has 31 heavy (non-hydrogen) atoms. The van der Waals surface area contributed by atoms with Crippen LogP contribution in [0, 0.1) is 0 Å². The van der Waals surface area contributed by atoms with Crippen molar-refractivity contribution in [2.45, 2.75) is 51.2 Å². The highest BCUT2D eigenvalue weighted by atomic mass is 32.1. The number of ether oxygens (including phenoxy) is 3. The molecule has 1 fully saturated rings. The summed E-state index contributed by atoms with van der Waals surface area (Å²) in [6.45, 7) is 1.60. The molecule has 1 unspecified atom stereocenters. The highest BCUT2D eigenvalue weighted by molar-refractivity contribution is 7.13. The van der Waals surface area contributed by atoms with Crippen molar-refractivity contribution in [3.05, 3.63) is 41.4 Å².